The minimum Gasteiger partial charge on any atom is -0.507 e. The third kappa shape index (κ3) is 30.8. The summed E-state index contributed by atoms with van der Waals surface area (Å²) in [7, 11) is 2.09. The molecule has 1 aliphatic rings. The Hall–Kier alpha value is -10.1. The van der Waals surface area contributed by atoms with Crippen LogP contribution in [0.15, 0.2) is 146 Å². The van der Waals surface area contributed by atoms with Crippen molar-refractivity contribution in [1.82, 2.24) is 55.2 Å². The lowest BCUT2D eigenvalue weighted by atomic mass is 9.83. The predicted octanol–water partition coefficient (Wildman–Crippen LogP) is 25.1. The van der Waals surface area contributed by atoms with E-state index < -0.39 is 35.6 Å². The van der Waals surface area contributed by atoms with Crippen LogP contribution in [0.1, 0.15) is 257 Å². The van der Waals surface area contributed by atoms with Crippen LogP contribution < -0.4 is 10.6 Å². The van der Waals surface area contributed by atoms with E-state index in [0.717, 1.165) is 130 Å². The second-order valence-electron chi connectivity index (χ2n) is 40.9. The molecule has 5 aromatic heterocycles. The van der Waals surface area contributed by atoms with Gasteiger partial charge in [0.15, 0.2) is 5.82 Å². The van der Waals surface area contributed by atoms with E-state index in [4.69, 9.17) is 4.74 Å². The standard InChI is InChI=1S/C22H32N2O.C21H25F3N2O2.C21H30N2O.C20H26F3N3O.C20H25F3N2O/c1-15-9-10-16(13-23-15)19-12-18(21(2,3)4)11-17(20(19)25)14-24(8)22(5,6)7;1-20(2,3)16-10-15(13-26-6-8-28-9-7-26)19(27)17(11-16)14-4-5-18(25-12-14)21(22,23)24;1-7-23(8-2)14-17-11-18(21(4,5)6)12-19(20(17)24)16-10-9-15(3)22-13-16;1-18(2,3)13-9-12(11-25-19(4,5)6)16(27)14(10-13)17-24-8-7-15(26-17)20(21,22)23;1-12(2)24-11-14-8-15(19(3,4)5)9-16(18(14)26)13-6-7-17(25-10-13)20(21,22)23/h9-13,25H,14H2,1-8H3;4-5,10-12,27H,6-9,13H2,1-3H3;9-13,24H,7-8,14H2,1-6H3;7-10,25,27H,11H2,1-6H3;6-10,12,24,26H,11H2,1-5H3. The highest BCUT2D eigenvalue weighted by Gasteiger charge is 2.37. The van der Waals surface area contributed by atoms with Gasteiger partial charge in [-0.1, -0.05) is 186 Å². The number of aromatic hydroxyl groups is 5. The van der Waals surface area contributed by atoms with E-state index in [0.29, 0.717) is 84.3 Å². The molecule has 708 valence electrons. The van der Waals surface area contributed by atoms with E-state index in [2.05, 4.69) is 183 Å². The minimum atomic E-state index is -4.58. The first-order valence-corrected chi connectivity index (χ1v) is 44.2. The van der Waals surface area contributed by atoms with E-state index in [1.165, 1.54) is 29.5 Å². The largest absolute Gasteiger partial charge is 0.507 e. The van der Waals surface area contributed by atoms with Crippen molar-refractivity contribution in [2.24, 2.45) is 0 Å². The molecule has 0 bridgehead atoms. The fourth-order valence-electron chi connectivity index (χ4n) is 13.5. The molecule has 1 fully saturated rings. The van der Waals surface area contributed by atoms with Gasteiger partial charge >= 0.3 is 18.5 Å². The van der Waals surface area contributed by atoms with Crippen LogP contribution in [0.25, 0.3) is 55.9 Å². The van der Waals surface area contributed by atoms with Crippen molar-refractivity contribution < 1.29 is 69.8 Å². The lowest BCUT2D eigenvalue weighted by molar-refractivity contribution is -0.141. The zero-order chi connectivity index (χ0) is 97.7. The molecule has 0 aliphatic carbocycles. The Morgan fingerprint density at radius 2 is 0.731 bits per heavy atom. The molecule has 7 N–H and O–H groups in total. The van der Waals surface area contributed by atoms with Crippen molar-refractivity contribution in [1.29, 1.82) is 0 Å². The first-order valence-electron chi connectivity index (χ1n) is 44.2. The summed E-state index contributed by atoms with van der Waals surface area (Å²) in [5, 5.41) is 60.7. The van der Waals surface area contributed by atoms with E-state index in [9.17, 15) is 65.0 Å². The smallest absolute Gasteiger partial charge is 0.433 e. The summed E-state index contributed by atoms with van der Waals surface area (Å²) < 4.78 is 121. The van der Waals surface area contributed by atoms with E-state index >= 15 is 0 Å². The number of benzene rings is 5. The van der Waals surface area contributed by atoms with Gasteiger partial charge in [0.1, 0.15) is 45.8 Å². The number of nitrogens with zero attached hydrogens (tertiary/aromatic N) is 9. The SMILES string of the molecule is CC(C)(C)NCc1cc(C(C)(C)C)cc(-c2nccc(C(F)(F)F)n2)c1O.CC(C)(C)c1cc(CN2CCOCC2)c(O)c(-c2ccc(C(F)(F)F)nc2)c1.CC(C)NCc1cc(C(C)(C)C)cc(-c2ccc(C(F)(F)F)nc2)c1O.CCN(CC)Cc1cc(C(C)(C)C)cc(-c2ccc(C)nc2)c1O.Cc1ccc(-c2cc(C(C)(C)C)cc(CN(C)C(C)(C)C)c2O)cn1. The molecule has 26 heteroatoms. The van der Waals surface area contributed by atoms with Crippen LogP contribution in [0.4, 0.5) is 39.5 Å². The van der Waals surface area contributed by atoms with Crippen LogP contribution in [-0.4, -0.2) is 134 Å². The lowest BCUT2D eigenvalue weighted by Crippen LogP contribution is -2.37. The minimum absolute atomic E-state index is 0.00955. The van der Waals surface area contributed by atoms with Gasteiger partial charge in [0.25, 0.3) is 0 Å². The van der Waals surface area contributed by atoms with Gasteiger partial charge in [-0.15, -0.1) is 0 Å². The number of aryl methyl sites for hydroxylation is 2. The highest BCUT2D eigenvalue weighted by molar-refractivity contribution is 5.76. The highest BCUT2D eigenvalue weighted by Crippen LogP contribution is 2.45. The van der Waals surface area contributed by atoms with Crippen LogP contribution in [0.3, 0.4) is 0 Å². The summed E-state index contributed by atoms with van der Waals surface area (Å²) in [6, 6.07) is 33.3. The molecular weight excluding hydrogens is 1670 g/mol. The van der Waals surface area contributed by atoms with Crippen molar-refractivity contribution in [2.45, 2.75) is 282 Å². The van der Waals surface area contributed by atoms with Crippen molar-refractivity contribution in [2.75, 3.05) is 46.4 Å². The molecule has 6 heterocycles. The van der Waals surface area contributed by atoms with Gasteiger partial charge in [-0.25, -0.2) is 9.97 Å². The summed E-state index contributed by atoms with van der Waals surface area (Å²) in [6.45, 7) is 64.0. The highest BCUT2D eigenvalue weighted by atomic mass is 19.4. The molecule has 0 spiro atoms. The van der Waals surface area contributed by atoms with E-state index in [-0.39, 0.29) is 72.8 Å². The summed E-state index contributed by atoms with van der Waals surface area (Å²) in [4.78, 5) is 30.2. The zero-order valence-corrected chi connectivity index (χ0v) is 81.3. The van der Waals surface area contributed by atoms with Gasteiger partial charge < -0.3 is 40.9 Å². The third-order valence-corrected chi connectivity index (χ3v) is 22.5. The summed E-state index contributed by atoms with van der Waals surface area (Å²) in [6.07, 6.45) is -6.48. The van der Waals surface area contributed by atoms with Crippen molar-refractivity contribution in [3.63, 3.8) is 0 Å². The second kappa shape index (κ2) is 43.1. The van der Waals surface area contributed by atoms with Gasteiger partial charge in [0.05, 0.1) is 18.8 Å². The first-order chi connectivity index (χ1) is 59.8. The number of halogens is 9. The quantitative estimate of drug-likeness (QED) is 0.0397. The Labute approximate surface area is 764 Å². The van der Waals surface area contributed by atoms with Gasteiger partial charge in [-0.2, -0.15) is 39.5 Å². The van der Waals surface area contributed by atoms with Crippen molar-refractivity contribution >= 4 is 0 Å². The number of alkyl halides is 9. The molecule has 10 aromatic rings. The number of hydrogen-bond donors (Lipinski definition) is 7. The molecule has 0 radical (unpaired) electrons. The molecular formula is C104H138F9N11O6. The number of hydrogen-bond acceptors (Lipinski definition) is 17. The zero-order valence-electron chi connectivity index (χ0n) is 81.3. The summed E-state index contributed by atoms with van der Waals surface area (Å²) in [5.74, 6) is 0.619. The Balaban J connectivity index is 0.000000223. The van der Waals surface area contributed by atoms with Gasteiger partial charge in [-0.3, -0.25) is 34.6 Å². The fraction of sp³-hybridized carbons (Fsp3) is 0.481. The maximum Gasteiger partial charge on any atom is 0.433 e. The Kier molecular flexibility index (Phi) is 35.4. The number of pyridine rings is 4. The Bertz CT molecular complexity index is 5370. The van der Waals surface area contributed by atoms with Crippen LogP contribution in [-0.2, 0) is 83.1 Å². The number of phenolic OH excluding ortho intramolecular Hbond substituents is 5. The van der Waals surface area contributed by atoms with E-state index in [1.54, 1.807) is 6.07 Å². The summed E-state index contributed by atoms with van der Waals surface area (Å²) >= 11 is 0. The molecule has 1 aliphatic heterocycles. The lowest BCUT2D eigenvalue weighted by Gasteiger charge is -2.33. The second-order valence-corrected chi connectivity index (χ2v) is 40.9. The molecule has 130 heavy (non-hydrogen) atoms. The van der Waals surface area contributed by atoms with Crippen LogP contribution >= 0.6 is 0 Å². The number of phenols is 5. The molecule has 0 unspecified atom stereocenters. The maximum atomic E-state index is 13.0. The molecule has 0 atom stereocenters. The summed E-state index contributed by atoms with van der Waals surface area (Å²) in [5.41, 5.74) is 13.4. The number of morpholine rings is 1. The maximum absolute atomic E-state index is 13.0. The van der Waals surface area contributed by atoms with Crippen molar-refractivity contribution in [3.05, 3.63) is 230 Å². The van der Waals surface area contributed by atoms with Gasteiger partial charge in [-0.05, 0) is 191 Å². The monoisotopic (exact) mass is 1810 g/mol. The molecule has 11 rings (SSSR count). The number of rotatable bonds is 18. The molecule has 1 saturated heterocycles. The average molecular weight is 1810 g/mol. The normalized spacial score (nSPS) is 13.4. The topological polar surface area (TPSA) is 222 Å². The number of nitrogens with one attached hydrogen (secondary N) is 2. The predicted molar refractivity (Wildman–Crippen MR) is 505 cm³/mol. The fourth-order valence-corrected chi connectivity index (χ4v) is 13.5. The Morgan fingerprint density at radius 3 is 1.06 bits per heavy atom. The average Bonchev–Trinajstić information content (AvgIpc) is 0.829. The molecule has 17 nitrogen and oxygen atoms in total. The van der Waals surface area contributed by atoms with Crippen LogP contribution in [0, 0.1) is 13.8 Å². The molecule has 0 saturated carbocycles. The van der Waals surface area contributed by atoms with E-state index in [1.807, 2.05) is 157 Å². The number of aromatic nitrogens is 6. The molecule has 0 amide bonds. The Morgan fingerprint density at radius 1 is 0.400 bits per heavy atom. The van der Waals surface area contributed by atoms with Crippen LogP contribution in [0.5, 0.6) is 28.7 Å². The van der Waals surface area contributed by atoms with Gasteiger partial charge in [0.2, 0.25) is 0 Å². The third-order valence-electron chi connectivity index (χ3n) is 22.5. The van der Waals surface area contributed by atoms with Crippen molar-refractivity contribution in [3.8, 4) is 84.6 Å². The number of ether oxygens (including phenoxy) is 1. The molecule has 5 aromatic carbocycles. The van der Waals surface area contributed by atoms with Crippen LogP contribution in [0.2, 0.25) is 0 Å². The first kappa shape index (κ1) is 107. The van der Waals surface area contributed by atoms with Gasteiger partial charge in [0, 0.05) is 178 Å².